The van der Waals surface area contributed by atoms with Gasteiger partial charge in [-0.1, -0.05) is 0 Å². The van der Waals surface area contributed by atoms with E-state index in [1.54, 1.807) is 0 Å². The van der Waals surface area contributed by atoms with Crippen molar-refractivity contribution in [2.75, 3.05) is 80.0 Å². The Morgan fingerprint density at radius 3 is 0.436 bits per heavy atom. The summed E-state index contributed by atoms with van der Waals surface area (Å²) in [4.78, 5) is 36.2. The Balaban J connectivity index is -0.0000000428. The molecule has 0 saturated carbocycles. The first-order valence-electron chi connectivity index (χ1n) is 8.68. The Hall–Kier alpha value is -1.83. The van der Waals surface area contributed by atoms with Crippen LogP contribution in [0.1, 0.15) is 0 Å². The third kappa shape index (κ3) is 19.8. The molecule has 0 aromatic rings. The molecule has 26 nitrogen and oxygen atoms in total. The van der Waals surface area contributed by atoms with Crippen LogP contribution in [0.15, 0.2) is 0 Å². The van der Waals surface area contributed by atoms with Crippen molar-refractivity contribution in [2.45, 2.75) is 0 Å². The molecule has 248 valence electrons. The maximum atomic E-state index is 8.25. The number of hydrogen-bond donors (Lipinski definition) is 0. The van der Waals surface area contributed by atoms with Crippen LogP contribution in [-0.2, 0) is 49.3 Å². The van der Waals surface area contributed by atoms with Crippen LogP contribution < -0.4 is 0 Å². The van der Waals surface area contributed by atoms with Crippen molar-refractivity contribution in [2.24, 2.45) is 0 Å². The van der Waals surface area contributed by atoms with Gasteiger partial charge in [0, 0.05) is 0 Å². The minimum Gasteiger partial charge on any atom is -0.457 e. The van der Waals surface area contributed by atoms with Gasteiger partial charge in [0.15, 0.2) is 0 Å². The molecule has 8 heterocycles. The summed E-state index contributed by atoms with van der Waals surface area (Å²) in [6.07, 6.45) is 0. The molecule has 0 radical (unpaired) electrons. The molecule has 0 unspecified atom stereocenters. The molecule has 26 N–H and O–H groups in total. The van der Waals surface area contributed by atoms with E-state index in [9.17, 15) is 0 Å². The summed E-state index contributed by atoms with van der Waals surface area (Å²) in [7, 11) is 0. The number of hydrogen-bond acceptors (Lipinski definition) is 14. The van der Waals surface area contributed by atoms with Crippen molar-refractivity contribution in [1.29, 1.82) is 0 Å². The minimum absolute atomic E-state index is 0. The van der Waals surface area contributed by atoms with Crippen molar-refractivity contribution < 1.29 is 81.4 Å². The molecule has 8 rings (SSSR count). The first-order valence-corrected chi connectivity index (χ1v) is 8.68. The molecule has 0 aromatic carbocycles. The van der Waals surface area contributed by atoms with Gasteiger partial charge in [-0.3, -0.25) is 39.2 Å². The van der Waals surface area contributed by atoms with Crippen LogP contribution in [0.5, 0.6) is 0 Å². The SMILES string of the molecule is C1N2CN3CN1CN(C2)C3.C1N2CN3CN1CN(C2)C3.O.O.O.O.O=[N+]([O-])[O-].O=[N+]([O-])[O-].[Ni+2].[OH3+].[OH3+].[OH3+].[OH3+].[OH3+].[OH3+]. The predicted octanol–water partition coefficient (Wildman–Crippen LogP) is -11.4. The minimum atomic E-state index is -1.75. The van der Waals surface area contributed by atoms with Gasteiger partial charge < -0.3 is 85.4 Å². The Labute approximate surface area is 231 Å². The maximum absolute atomic E-state index is 8.25. The molecule has 27 heteroatoms. The Bertz CT molecular complexity index is 421. The summed E-state index contributed by atoms with van der Waals surface area (Å²) in [6.45, 7) is 14.2. The van der Waals surface area contributed by atoms with Crippen LogP contribution >= 0.6 is 0 Å². The van der Waals surface area contributed by atoms with Crippen LogP contribution in [0.4, 0.5) is 0 Å². The van der Waals surface area contributed by atoms with Gasteiger partial charge in [-0.15, -0.1) is 0 Å². The molecular formula is C12H50N10NiO16+6. The fourth-order valence-electron chi connectivity index (χ4n) is 4.47. The summed E-state index contributed by atoms with van der Waals surface area (Å²) in [6, 6.07) is 0. The van der Waals surface area contributed by atoms with Crippen molar-refractivity contribution in [3.05, 3.63) is 30.6 Å². The molecule has 8 aliphatic rings. The van der Waals surface area contributed by atoms with E-state index in [2.05, 4.69) is 39.2 Å². The van der Waals surface area contributed by atoms with Crippen LogP contribution in [0.3, 0.4) is 0 Å². The van der Waals surface area contributed by atoms with Gasteiger partial charge in [-0.25, -0.2) is 0 Å². The molecule has 0 spiro atoms. The standard InChI is InChI=1S/2C6H12N4.2NO3.Ni.10H2O/c2*1-7-2-9-4-8(1)5-10(3-7)6-9;2*2-1(3)4;;;;;;;;;;;/h2*1-6H2;;;;10*1H2/q;;2*-1;+2;;;;;;;;;;/p+6. The number of rotatable bonds is 0. The second kappa shape index (κ2) is 27.7. The van der Waals surface area contributed by atoms with E-state index >= 15 is 0 Å². The first kappa shape index (κ1) is 61.3. The smallest absolute Gasteiger partial charge is 0.457 e. The van der Waals surface area contributed by atoms with E-state index < -0.39 is 10.2 Å². The second-order valence-electron chi connectivity index (χ2n) is 7.51. The first-order chi connectivity index (χ1) is 13.3. The predicted molar refractivity (Wildman–Crippen MR) is 138 cm³/mol. The fraction of sp³-hybridized carbons (Fsp3) is 1.00. The van der Waals surface area contributed by atoms with E-state index in [0.717, 1.165) is 0 Å². The van der Waals surface area contributed by atoms with Gasteiger partial charge in [0.2, 0.25) is 0 Å². The average molecular weight is 649 g/mol. The zero-order chi connectivity index (χ0) is 20.3. The van der Waals surface area contributed by atoms with Crippen molar-refractivity contribution in [3.8, 4) is 0 Å². The van der Waals surface area contributed by atoms with Gasteiger partial charge in [0.05, 0.1) is 90.2 Å². The summed E-state index contributed by atoms with van der Waals surface area (Å²) in [5, 5.41) is 29.5. The van der Waals surface area contributed by atoms with Crippen molar-refractivity contribution in [1.82, 2.24) is 39.2 Å². The van der Waals surface area contributed by atoms with E-state index in [0.29, 0.717) is 0 Å². The molecule has 0 atom stereocenters. The summed E-state index contributed by atoms with van der Waals surface area (Å²) in [5.41, 5.74) is 0. The molecule has 39 heavy (non-hydrogen) atoms. The Morgan fingerprint density at radius 1 is 0.333 bits per heavy atom. The van der Waals surface area contributed by atoms with Gasteiger partial charge >= 0.3 is 16.5 Å². The van der Waals surface area contributed by atoms with Crippen molar-refractivity contribution >= 4 is 0 Å². The van der Waals surface area contributed by atoms with E-state index in [-0.39, 0.29) is 71.3 Å². The van der Waals surface area contributed by atoms with E-state index in [1.165, 1.54) is 80.0 Å². The molecule has 0 aromatic heterocycles. The molecular weight excluding hydrogens is 599 g/mol. The van der Waals surface area contributed by atoms with Crippen molar-refractivity contribution in [3.63, 3.8) is 0 Å². The monoisotopic (exact) mass is 648 g/mol. The van der Waals surface area contributed by atoms with Crippen LogP contribution in [-0.4, -0.2) is 151 Å². The largest absolute Gasteiger partial charge is 2.00 e. The second-order valence-corrected chi connectivity index (χ2v) is 7.51. The quantitative estimate of drug-likeness (QED) is 0.102. The fourth-order valence-corrected chi connectivity index (χ4v) is 4.47. The molecule has 0 aliphatic carbocycles. The summed E-state index contributed by atoms with van der Waals surface area (Å²) in [5.74, 6) is 0. The Morgan fingerprint density at radius 2 is 0.385 bits per heavy atom. The number of nitrogens with zero attached hydrogens (tertiary/aromatic N) is 10. The van der Waals surface area contributed by atoms with Gasteiger partial charge in [0.1, 0.15) is 0 Å². The molecule has 8 fully saturated rings. The van der Waals surface area contributed by atoms with Gasteiger partial charge in [-0.2, -0.15) is 0 Å². The third-order valence-corrected chi connectivity index (χ3v) is 4.80. The molecule has 8 saturated heterocycles. The van der Waals surface area contributed by atoms with Crippen LogP contribution in [0.2, 0.25) is 0 Å². The normalized spacial score (nSPS) is 30.8. The van der Waals surface area contributed by atoms with E-state index in [4.69, 9.17) is 30.6 Å². The zero-order valence-electron chi connectivity index (χ0n) is 21.2. The van der Waals surface area contributed by atoms with E-state index in [1.807, 2.05) is 0 Å². The molecule has 8 aliphatic heterocycles. The van der Waals surface area contributed by atoms with Gasteiger partial charge in [-0.05, 0) is 0 Å². The van der Waals surface area contributed by atoms with Crippen LogP contribution in [0, 0.1) is 30.6 Å². The Kier molecular flexibility index (Phi) is 43.6. The molecule has 0 amide bonds. The molecule has 8 bridgehead atoms. The zero-order valence-corrected chi connectivity index (χ0v) is 22.2. The topological polar surface area (TPSA) is 482 Å². The average Bonchev–Trinajstić information content (AvgIpc) is 2.51. The van der Waals surface area contributed by atoms with Gasteiger partial charge in [0.25, 0.3) is 0 Å². The third-order valence-electron chi connectivity index (χ3n) is 4.80. The maximum Gasteiger partial charge on any atom is 2.00 e. The summed E-state index contributed by atoms with van der Waals surface area (Å²) >= 11 is 0. The summed E-state index contributed by atoms with van der Waals surface area (Å²) < 4.78 is 0. The van der Waals surface area contributed by atoms with Crippen LogP contribution in [0.25, 0.3) is 0 Å².